The summed E-state index contributed by atoms with van der Waals surface area (Å²) in [6.07, 6.45) is 3.39. The molecule has 3 heterocycles. The maximum atomic E-state index is 12.0. The molecule has 34 heavy (non-hydrogen) atoms. The van der Waals surface area contributed by atoms with Crippen LogP contribution in [0.2, 0.25) is 0 Å². The van der Waals surface area contributed by atoms with Crippen LogP contribution in [0.1, 0.15) is 41.4 Å². The number of nitrogens with zero attached hydrogens (tertiary/aromatic N) is 5. The summed E-state index contributed by atoms with van der Waals surface area (Å²) in [4.78, 5) is 21.2. The third kappa shape index (κ3) is 4.51. The predicted octanol–water partition coefficient (Wildman–Crippen LogP) is 2.52. The monoisotopic (exact) mass is 465 g/mol. The first-order valence-electron chi connectivity index (χ1n) is 12.0. The maximum Gasteiger partial charge on any atom is 0.354 e. The molecule has 9 nitrogen and oxygen atoms in total. The van der Waals surface area contributed by atoms with Crippen LogP contribution in [0.5, 0.6) is 0 Å². The van der Waals surface area contributed by atoms with Gasteiger partial charge in [0.1, 0.15) is 0 Å². The third-order valence-corrected chi connectivity index (χ3v) is 6.86. The normalized spacial score (nSPS) is 17.3. The zero-order chi connectivity index (χ0) is 23.5. The second-order valence-corrected chi connectivity index (χ2v) is 8.96. The molecule has 0 amide bonds. The lowest BCUT2D eigenvalue weighted by Crippen LogP contribution is -2.47. The van der Waals surface area contributed by atoms with Crippen LogP contribution in [0.15, 0.2) is 36.4 Å². The second-order valence-electron chi connectivity index (χ2n) is 8.96. The summed E-state index contributed by atoms with van der Waals surface area (Å²) in [5.41, 5.74) is 3.49. The average molecular weight is 466 g/mol. The Morgan fingerprint density at radius 1 is 1.09 bits per heavy atom. The number of anilines is 1. The minimum absolute atomic E-state index is 0.0394. The molecule has 0 bridgehead atoms. The first-order chi connectivity index (χ1) is 16.7. The number of aliphatic hydroxyl groups is 1. The Kier molecular flexibility index (Phi) is 6.75. The van der Waals surface area contributed by atoms with Gasteiger partial charge in [0.15, 0.2) is 11.3 Å². The van der Waals surface area contributed by atoms with E-state index in [1.54, 1.807) is 6.07 Å². The number of aromatic nitrogens is 3. The van der Waals surface area contributed by atoms with E-state index in [-0.39, 0.29) is 12.3 Å². The number of carbonyl (C=O) groups is 1. The SMILES string of the molecule is O=C(O)c1cc(N2CCN(CCOCCO)CC2)c2c(C3CCC3)nn(-c3ccccc3)c2n1. The fourth-order valence-electron chi connectivity index (χ4n) is 4.77. The molecule has 0 spiro atoms. The number of hydrogen-bond acceptors (Lipinski definition) is 7. The van der Waals surface area contributed by atoms with Crippen LogP contribution in [0.4, 0.5) is 5.69 Å². The molecular formula is C25H31N5O4. The Labute approximate surface area is 198 Å². The quantitative estimate of drug-likeness (QED) is 0.465. The van der Waals surface area contributed by atoms with Gasteiger partial charge in [0.2, 0.25) is 0 Å². The third-order valence-electron chi connectivity index (χ3n) is 6.86. The Balaban J connectivity index is 1.51. The zero-order valence-electron chi connectivity index (χ0n) is 19.3. The number of rotatable bonds is 9. The summed E-state index contributed by atoms with van der Waals surface area (Å²) in [6.45, 7) is 5.12. The molecule has 1 saturated carbocycles. The summed E-state index contributed by atoms with van der Waals surface area (Å²) in [6, 6.07) is 11.5. The van der Waals surface area contributed by atoms with Crippen LogP contribution in [-0.2, 0) is 4.74 Å². The number of aliphatic hydroxyl groups excluding tert-OH is 1. The number of fused-ring (bicyclic) bond motifs is 1. The van der Waals surface area contributed by atoms with Crippen LogP contribution in [0.3, 0.4) is 0 Å². The minimum atomic E-state index is -1.03. The summed E-state index contributed by atoms with van der Waals surface area (Å²) >= 11 is 0. The lowest BCUT2D eigenvalue weighted by Gasteiger charge is -2.36. The van der Waals surface area contributed by atoms with Crippen LogP contribution < -0.4 is 4.90 Å². The largest absolute Gasteiger partial charge is 0.477 e. The van der Waals surface area contributed by atoms with Gasteiger partial charge in [-0.15, -0.1) is 0 Å². The molecule has 2 aromatic heterocycles. The zero-order valence-corrected chi connectivity index (χ0v) is 19.3. The lowest BCUT2D eigenvalue weighted by molar-refractivity contribution is 0.0690. The number of para-hydroxylation sites is 1. The van der Waals surface area contributed by atoms with Gasteiger partial charge in [-0.25, -0.2) is 14.5 Å². The number of hydrogen-bond donors (Lipinski definition) is 2. The number of pyridine rings is 1. The Morgan fingerprint density at radius 3 is 2.50 bits per heavy atom. The van der Waals surface area contributed by atoms with Gasteiger partial charge < -0.3 is 19.8 Å². The van der Waals surface area contributed by atoms with Crippen molar-refractivity contribution in [1.29, 1.82) is 0 Å². The highest BCUT2D eigenvalue weighted by molar-refractivity contribution is 5.98. The molecule has 0 atom stereocenters. The van der Waals surface area contributed by atoms with E-state index >= 15 is 0 Å². The van der Waals surface area contributed by atoms with Crippen molar-refractivity contribution in [1.82, 2.24) is 19.7 Å². The van der Waals surface area contributed by atoms with E-state index in [4.69, 9.17) is 14.9 Å². The molecule has 1 saturated heterocycles. The van der Waals surface area contributed by atoms with Gasteiger partial charge in [-0.05, 0) is 31.0 Å². The summed E-state index contributed by atoms with van der Waals surface area (Å²) in [5, 5.41) is 24.7. The van der Waals surface area contributed by atoms with E-state index in [1.165, 1.54) is 6.42 Å². The van der Waals surface area contributed by atoms with Gasteiger partial charge in [0.05, 0.1) is 42.3 Å². The predicted molar refractivity (Wildman–Crippen MR) is 129 cm³/mol. The smallest absolute Gasteiger partial charge is 0.354 e. The molecule has 180 valence electrons. The molecule has 0 unspecified atom stereocenters. The minimum Gasteiger partial charge on any atom is -0.477 e. The van der Waals surface area contributed by atoms with Crippen molar-refractivity contribution in [2.45, 2.75) is 25.2 Å². The number of carboxylic acids is 1. The molecule has 5 rings (SSSR count). The van der Waals surface area contributed by atoms with E-state index in [0.29, 0.717) is 24.8 Å². The first kappa shape index (κ1) is 22.8. The molecule has 2 N–H and O–H groups in total. The maximum absolute atomic E-state index is 12.0. The first-order valence-corrected chi connectivity index (χ1v) is 12.0. The summed E-state index contributed by atoms with van der Waals surface area (Å²) in [5.74, 6) is -0.650. The van der Waals surface area contributed by atoms with E-state index in [2.05, 4.69) is 14.8 Å². The van der Waals surface area contributed by atoms with Gasteiger partial charge in [0, 0.05) is 38.6 Å². The number of aromatic carboxylic acids is 1. The summed E-state index contributed by atoms with van der Waals surface area (Å²) in [7, 11) is 0. The molecule has 2 aliphatic rings. The fraction of sp³-hybridized carbons (Fsp3) is 0.480. The number of benzene rings is 1. The van der Waals surface area contributed by atoms with E-state index in [9.17, 15) is 9.90 Å². The molecule has 1 aliphatic heterocycles. The molecule has 1 aliphatic carbocycles. The standard InChI is InChI=1S/C25H31N5O4/c31-14-16-34-15-13-28-9-11-29(12-10-28)21-17-20(25(32)33)26-24-22(21)23(18-5-4-6-18)27-30(24)19-7-2-1-3-8-19/h1-3,7-8,17-18,31H,4-6,9-16H2,(H,32,33). The number of piperazine rings is 1. The molecular weight excluding hydrogens is 434 g/mol. The fourth-order valence-corrected chi connectivity index (χ4v) is 4.77. The molecule has 2 fully saturated rings. The van der Waals surface area contributed by atoms with Gasteiger partial charge >= 0.3 is 5.97 Å². The van der Waals surface area contributed by atoms with E-state index in [1.807, 2.05) is 35.0 Å². The molecule has 3 aromatic rings. The van der Waals surface area contributed by atoms with Crippen LogP contribution in [0.25, 0.3) is 16.7 Å². The average Bonchev–Trinajstić information content (AvgIpc) is 3.20. The lowest BCUT2D eigenvalue weighted by atomic mass is 9.82. The molecule has 0 radical (unpaired) electrons. The van der Waals surface area contributed by atoms with Gasteiger partial charge in [-0.1, -0.05) is 24.6 Å². The Bertz CT molecular complexity index is 1140. The van der Waals surface area contributed by atoms with Crippen molar-refractivity contribution >= 4 is 22.7 Å². The van der Waals surface area contributed by atoms with Crippen molar-refractivity contribution in [2.75, 3.05) is 57.4 Å². The van der Waals surface area contributed by atoms with Crippen LogP contribution in [-0.4, -0.2) is 88.4 Å². The van der Waals surface area contributed by atoms with Crippen molar-refractivity contribution < 1.29 is 19.7 Å². The van der Waals surface area contributed by atoms with E-state index in [0.717, 1.165) is 68.0 Å². The summed E-state index contributed by atoms with van der Waals surface area (Å²) < 4.78 is 7.23. The topological polar surface area (TPSA) is 104 Å². The number of ether oxygens (including phenoxy) is 1. The van der Waals surface area contributed by atoms with Crippen molar-refractivity contribution in [3.8, 4) is 5.69 Å². The molecule has 1 aromatic carbocycles. The van der Waals surface area contributed by atoms with Crippen molar-refractivity contribution in [2.24, 2.45) is 0 Å². The second kappa shape index (κ2) is 10.1. The van der Waals surface area contributed by atoms with Crippen molar-refractivity contribution in [3.63, 3.8) is 0 Å². The molecule has 9 heteroatoms. The van der Waals surface area contributed by atoms with Crippen LogP contribution in [0, 0.1) is 0 Å². The van der Waals surface area contributed by atoms with Crippen LogP contribution >= 0.6 is 0 Å². The number of carboxylic acid groups (broad SMARTS) is 1. The van der Waals surface area contributed by atoms with E-state index < -0.39 is 5.97 Å². The van der Waals surface area contributed by atoms with Crippen molar-refractivity contribution in [3.05, 3.63) is 47.8 Å². The highest BCUT2D eigenvalue weighted by Gasteiger charge is 2.31. The van der Waals surface area contributed by atoms with Gasteiger partial charge in [-0.3, -0.25) is 4.90 Å². The highest BCUT2D eigenvalue weighted by atomic mass is 16.5. The highest BCUT2D eigenvalue weighted by Crippen LogP contribution is 2.42. The van der Waals surface area contributed by atoms with Gasteiger partial charge in [0.25, 0.3) is 0 Å². The van der Waals surface area contributed by atoms with Gasteiger partial charge in [-0.2, -0.15) is 5.10 Å². The Morgan fingerprint density at radius 2 is 1.85 bits per heavy atom. The Hall–Kier alpha value is -3.01.